The summed E-state index contributed by atoms with van der Waals surface area (Å²) in [6.45, 7) is -2.69. The smallest absolute Gasteiger partial charge is 0.0816 e. The van der Waals surface area contributed by atoms with Crippen molar-refractivity contribution >= 4 is 10.9 Å². The number of H-pyrrole nitrogens is 1. The molecule has 1 nitrogen and oxygen atoms in total. The lowest BCUT2D eigenvalue weighted by atomic mass is 10.2. The lowest BCUT2D eigenvalue weighted by Gasteiger charge is -1.90. The first-order valence-electron chi connectivity index (χ1n) is 6.75. The van der Waals surface area contributed by atoms with Gasteiger partial charge in [0.15, 0.2) is 0 Å². The SMILES string of the molecule is [2H]c1[nH]c2c([2H])c([2H])c(C([2H])([2H])[2H])c([2H])c2c1[2H]. The van der Waals surface area contributed by atoms with Gasteiger partial charge in [-0.05, 0) is 30.4 Å². The van der Waals surface area contributed by atoms with Gasteiger partial charge in [-0.25, -0.2) is 0 Å². The van der Waals surface area contributed by atoms with Crippen LogP contribution < -0.4 is 0 Å². The van der Waals surface area contributed by atoms with Crippen molar-refractivity contribution in [3.05, 3.63) is 35.9 Å². The van der Waals surface area contributed by atoms with Gasteiger partial charge in [0.1, 0.15) is 0 Å². The van der Waals surface area contributed by atoms with Gasteiger partial charge in [0.05, 0.1) is 6.85 Å². The quantitative estimate of drug-likeness (QED) is 0.577. The summed E-state index contributed by atoms with van der Waals surface area (Å²) in [7, 11) is 0. The van der Waals surface area contributed by atoms with Crippen LogP contribution in [0, 0.1) is 6.85 Å². The highest BCUT2D eigenvalue weighted by Gasteiger charge is 1.90. The highest BCUT2D eigenvalue weighted by atomic mass is 14.7. The molecule has 0 saturated carbocycles. The largest absolute Gasteiger partial charge is 0.361 e. The zero-order valence-corrected chi connectivity index (χ0v) is 5.00. The second-order valence-corrected chi connectivity index (χ2v) is 1.88. The van der Waals surface area contributed by atoms with Crippen LogP contribution >= 0.6 is 0 Å². The second kappa shape index (κ2) is 1.87. The highest BCUT2D eigenvalue weighted by molar-refractivity contribution is 5.79. The van der Waals surface area contributed by atoms with E-state index in [2.05, 4.69) is 4.98 Å². The first kappa shape index (κ1) is 1.67. The Labute approximate surface area is 70.9 Å². The summed E-state index contributed by atoms with van der Waals surface area (Å²) < 4.78 is 60.1. The molecule has 50 valence electrons. The maximum absolute atomic E-state index is 7.80. The van der Waals surface area contributed by atoms with Crippen molar-refractivity contribution in [2.75, 3.05) is 0 Å². The molecule has 1 heteroatoms. The van der Waals surface area contributed by atoms with Gasteiger partial charge in [-0.2, -0.15) is 0 Å². The standard InChI is InChI=1S/C9H9N/c1-7-2-3-9-8(6-7)4-5-10-9/h2-6,10H,1H3/i1D3,2D,3D,4D,5D,6D. The molecule has 0 atom stereocenters. The van der Waals surface area contributed by atoms with Gasteiger partial charge in [0, 0.05) is 15.8 Å². The lowest BCUT2D eigenvalue weighted by Crippen LogP contribution is -1.69. The fourth-order valence-electron chi connectivity index (χ4n) is 0.750. The van der Waals surface area contributed by atoms with Crippen LogP contribution in [0.3, 0.4) is 0 Å². The van der Waals surface area contributed by atoms with Gasteiger partial charge in [-0.15, -0.1) is 0 Å². The summed E-state index contributed by atoms with van der Waals surface area (Å²) >= 11 is 0. The molecule has 0 saturated heterocycles. The van der Waals surface area contributed by atoms with Crippen molar-refractivity contribution in [3.63, 3.8) is 0 Å². The fraction of sp³-hybridized carbons (Fsp3) is 0.111. The van der Waals surface area contributed by atoms with Crippen molar-refractivity contribution < 1.29 is 11.0 Å². The van der Waals surface area contributed by atoms with Crippen LogP contribution in [0.25, 0.3) is 10.9 Å². The summed E-state index contributed by atoms with van der Waals surface area (Å²) in [4.78, 5) is 2.42. The van der Waals surface area contributed by atoms with Gasteiger partial charge in [0.2, 0.25) is 0 Å². The van der Waals surface area contributed by atoms with Crippen molar-refractivity contribution in [2.45, 2.75) is 6.85 Å². The number of aromatic nitrogens is 1. The Bertz CT molecular complexity index is 639. The topological polar surface area (TPSA) is 15.8 Å². The Morgan fingerprint density at radius 3 is 3.40 bits per heavy atom. The minimum atomic E-state index is -2.69. The minimum Gasteiger partial charge on any atom is -0.361 e. The van der Waals surface area contributed by atoms with Crippen LogP contribution in [0.5, 0.6) is 0 Å². The number of fused-ring (bicyclic) bond motifs is 1. The van der Waals surface area contributed by atoms with E-state index in [-0.39, 0.29) is 23.1 Å². The van der Waals surface area contributed by atoms with E-state index >= 15 is 0 Å². The molecule has 0 spiro atoms. The maximum Gasteiger partial charge on any atom is 0.0816 e. The molecule has 1 heterocycles. The Kier molecular flexibility index (Phi) is 0.313. The molecule has 0 aliphatic rings. The van der Waals surface area contributed by atoms with Gasteiger partial charge < -0.3 is 4.98 Å². The van der Waals surface area contributed by atoms with E-state index < -0.39 is 30.5 Å². The molecule has 2 aromatic rings. The van der Waals surface area contributed by atoms with Crippen molar-refractivity contribution in [1.82, 2.24) is 4.98 Å². The first-order valence-corrected chi connectivity index (χ1v) is 2.75. The first-order chi connectivity index (χ1) is 8.16. The van der Waals surface area contributed by atoms with Gasteiger partial charge in [-0.1, -0.05) is 11.6 Å². The number of aromatic amines is 1. The van der Waals surface area contributed by atoms with E-state index in [0.29, 0.717) is 0 Å². The Hall–Kier alpha value is -1.24. The number of benzene rings is 1. The van der Waals surface area contributed by atoms with Crippen LogP contribution in [-0.4, -0.2) is 4.98 Å². The predicted octanol–water partition coefficient (Wildman–Crippen LogP) is 2.48. The molecule has 0 bridgehead atoms. The minimum absolute atomic E-state index is 0.00648. The van der Waals surface area contributed by atoms with Crippen LogP contribution in [0.15, 0.2) is 30.3 Å². The number of rotatable bonds is 0. The van der Waals surface area contributed by atoms with Crippen molar-refractivity contribution in [3.8, 4) is 0 Å². The fourth-order valence-corrected chi connectivity index (χ4v) is 0.750. The molecule has 10 heavy (non-hydrogen) atoms. The highest BCUT2D eigenvalue weighted by Crippen LogP contribution is 2.12. The molecule has 1 aromatic carbocycles. The van der Waals surface area contributed by atoms with Crippen LogP contribution in [0.1, 0.15) is 16.5 Å². The van der Waals surface area contributed by atoms with E-state index in [4.69, 9.17) is 11.0 Å². The number of hydrogen-bond donors (Lipinski definition) is 1. The van der Waals surface area contributed by atoms with E-state index in [1.807, 2.05) is 0 Å². The maximum atomic E-state index is 7.80. The normalized spacial score (nSPS) is 23.2. The van der Waals surface area contributed by atoms with Crippen LogP contribution in [0.2, 0.25) is 0 Å². The molecule has 0 aliphatic carbocycles. The molecule has 1 N–H and O–H groups in total. The number of nitrogens with one attached hydrogen (secondary N) is 1. The Morgan fingerprint density at radius 1 is 1.50 bits per heavy atom. The average molecular weight is 139 g/mol. The molecule has 2 rings (SSSR count). The monoisotopic (exact) mass is 139 g/mol. The molecule has 0 radical (unpaired) electrons. The van der Waals surface area contributed by atoms with Gasteiger partial charge in [-0.3, -0.25) is 0 Å². The molecule has 0 fully saturated rings. The summed E-state index contributed by atoms with van der Waals surface area (Å²) in [6, 6.07) is -1.77. The third kappa shape index (κ3) is 0.711. The second-order valence-electron chi connectivity index (χ2n) is 1.88. The summed E-state index contributed by atoms with van der Waals surface area (Å²) in [5.41, 5.74) is -0.555. The molecule has 1 aromatic heterocycles. The summed E-state index contributed by atoms with van der Waals surface area (Å²) in [5.74, 6) is 0. The van der Waals surface area contributed by atoms with E-state index in [1.165, 1.54) is 0 Å². The van der Waals surface area contributed by atoms with E-state index in [0.717, 1.165) is 0 Å². The Balaban J connectivity index is 3.03. The average Bonchev–Trinajstić information content (AvgIpc) is 2.51. The third-order valence-electron chi connectivity index (χ3n) is 1.19. The van der Waals surface area contributed by atoms with Crippen LogP contribution in [-0.2, 0) is 0 Å². The third-order valence-corrected chi connectivity index (χ3v) is 1.19. The zero-order valence-electron chi connectivity index (χ0n) is 13.0. The van der Waals surface area contributed by atoms with Gasteiger partial charge in [0.25, 0.3) is 0 Å². The summed E-state index contributed by atoms with van der Waals surface area (Å²) in [5, 5.41) is -0.0906. The Morgan fingerprint density at radius 2 is 2.50 bits per heavy atom. The van der Waals surface area contributed by atoms with Crippen LogP contribution in [0.4, 0.5) is 0 Å². The molecular formula is C9H9N. The summed E-state index contributed by atoms with van der Waals surface area (Å²) in [6.07, 6.45) is -0.297. The molecular weight excluding hydrogens is 122 g/mol. The zero-order chi connectivity index (χ0) is 13.8. The van der Waals surface area contributed by atoms with Gasteiger partial charge >= 0.3 is 0 Å². The lowest BCUT2D eigenvalue weighted by molar-refractivity contribution is 1.46. The van der Waals surface area contributed by atoms with E-state index in [9.17, 15) is 0 Å². The molecule has 0 amide bonds. The number of hydrogen-bond acceptors (Lipinski definition) is 0. The van der Waals surface area contributed by atoms with Crippen molar-refractivity contribution in [2.24, 2.45) is 0 Å². The molecule has 0 unspecified atom stereocenters. The molecule has 0 aliphatic heterocycles. The van der Waals surface area contributed by atoms with Crippen molar-refractivity contribution in [1.29, 1.82) is 0 Å². The van der Waals surface area contributed by atoms with E-state index in [1.54, 1.807) is 0 Å². The predicted molar refractivity (Wildman–Crippen MR) is 43.0 cm³/mol.